The molecular weight excluding hydrogens is 216 g/mol. The van der Waals surface area contributed by atoms with Gasteiger partial charge in [-0.15, -0.1) is 0 Å². The van der Waals surface area contributed by atoms with Crippen molar-refractivity contribution in [3.05, 3.63) is 0 Å². The molecule has 4 nitrogen and oxygen atoms in total. The van der Waals surface area contributed by atoms with Gasteiger partial charge in [0.25, 0.3) is 0 Å². The van der Waals surface area contributed by atoms with Gasteiger partial charge in [-0.3, -0.25) is 0 Å². The van der Waals surface area contributed by atoms with Crippen LogP contribution in [0.3, 0.4) is 0 Å². The fourth-order valence-electron chi connectivity index (χ4n) is 1.88. The van der Waals surface area contributed by atoms with Crippen LogP contribution >= 0.6 is 0 Å². The highest BCUT2D eigenvalue weighted by Gasteiger charge is 2.29. The molecule has 1 unspecified atom stereocenters. The van der Waals surface area contributed by atoms with E-state index >= 15 is 0 Å². The number of amides is 1. The fraction of sp³-hybridized carbons (Fsp3) is 0.923. The van der Waals surface area contributed by atoms with Crippen molar-refractivity contribution >= 4 is 6.09 Å². The van der Waals surface area contributed by atoms with Gasteiger partial charge in [-0.05, 0) is 46.0 Å². The molecule has 0 heterocycles. The van der Waals surface area contributed by atoms with Crippen molar-refractivity contribution in [3.63, 3.8) is 0 Å². The average Bonchev–Trinajstić information content (AvgIpc) is 2.99. The Morgan fingerprint density at radius 1 is 1.35 bits per heavy atom. The maximum atomic E-state index is 11.4. The van der Waals surface area contributed by atoms with Crippen LogP contribution in [0.25, 0.3) is 0 Å². The molecule has 0 aromatic carbocycles. The normalized spacial score (nSPS) is 17.6. The zero-order valence-corrected chi connectivity index (χ0v) is 11.5. The van der Waals surface area contributed by atoms with Gasteiger partial charge in [-0.2, -0.15) is 0 Å². The summed E-state index contributed by atoms with van der Waals surface area (Å²) in [7, 11) is 0. The predicted molar refractivity (Wildman–Crippen MR) is 69.0 cm³/mol. The first kappa shape index (κ1) is 14.3. The van der Waals surface area contributed by atoms with Gasteiger partial charge in [-0.25, -0.2) is 4.79 Å². The van der Waals surface area contributed by atoms with E-state index < -0.39 is 5.60 Å². The topological polar surface area (TPSA) is 50.4 Å². The Morgan fingerprint density at radius 2 is 2.00 bits per heavy atom. The standard InChI is InChI=1S/C13H26N2O2/c1-5-11(10-6-7-10)14-8-9-15-12(16)17-13(2,3)4/h10-11,14H,5-9H2,1-4H3,(H,15,16). The van der Waals surface area contributed by atoms with E-state index in [1.165, 1.54) is 12.8 Å². The largest absolute Gasteiger partial charge is 0.444 e. The van der Waals surface area contributed by atoms with Crippen molar-refractivity contribution in [2.75, 3.05) is 13.1 Å². The second-order valence-electron chi connectivity index (χ2n) is 5.73. The maximum Gasteiger partial charge on any atom is 0.407 e. The second kappa shape index (κ2) is 6.24. The summed E-state index contributed by atoms with van der Waals surface area (Å²) < 4.78 is 5.15. The molecule has 0 aromatic heterocycles. The first-order valence-corrected chi connectivity index (χ1v) is 6.62. The number of alkyl carbamates (subject to hydrolysis) is 1. The van der Waals surface area contributed by atoms with Gasteiger partial charge in [0.2, 0.25) is 0 Å². The first-order chi connectivity index (χ1) is 7.92. The number of ether oxygens (including phenoxy) is 1. The van der Waals surface area contributed by atoms with E-state index in [1.807, 2.05) is 20.8 Å². The Kier molecular flexibility index (Phi) is 5.25. The van der Waals surface area contributed by atoms with Crippen molar-refractivity contribution in [2.24, 2.45) is 5.92 Å². The zero-order valence-electron chi connectivity index (χ0n) is 11.5. The molecule has 0 aliphatic heterocycles. The highest BCUT2D eigenvalue weighted by atomic mass is 16.6. The molecule has 17 heavy (non-hydrogen) atoms. The minimum atomic E-state index is -0.419. The summed E-state index contributed by atoms with van der Waals surface area (Å²) >= 11 is 0. The summed E-state index contributed by atoms with van der Waals surface area (Å²) in [6.07, 6.45) is 3.53. The van der Waals surface area contributed by atoms with Gasteiger partial charge in [0.05, 0.1) is 0 Å². The van der Waals surface area contributed by atoms with Crippen molar-refractivity contribution in [1.82, 2.24) is 10.6 Å². The number of carbonyl (C=O) groups is 1. The third-order valence-electron chi connectivity index (χ3n) is 2.83. The van der Waals surface area contributed by atoms with Crippen LogP contribution in [0.15, 0.2) is 0 Å². The summed E-state index contributed by atoms with van der Waals surface area (Å²) in [6.45, 7) is 9.24. The van der Waals surface area contributed by atoms with E-state index in [4.69, 9.17) is 4.74 Å². The van der Waals surface area contributed by atoms with Crippen molar-refractivity contribution in [3.8, 4) is 0 Å². The van der Waals surface area contributed by atoms with Crippen LogP contribution in [0.2, 0.25) is 0 Å². The van der Waals surface area contributed by atoms with Crippen molar-refractivity contribution in [2.45, 2.75) is 58.6 Å². The fourth-order valence-corrected chi connectivity index (χ4v) is 1.88. The van der Waals surface area contributed by atoms with E-state index in [2.05, 4.69) is 17.6 Å². The molecule has 1 amide bonds. The van der Waals surface area contributed by atoms with Crippen LogP contribution in [0.1, 0.15) is 47.0 Å². The molecular formula is C13H26N2O2. The quantitative estimate of drug-likeness (QED) is 0.703. The lowest BCUT2D eigenvalue weighted by Gasteiger charge is -2.20. The van der Waals surface area contributed by atoms with Gasteiger partial charge in [-0.1, -0.05) is 6.92 Å². The molecule has 0 spiro atoms. The molecule has 1 rings (SSSR count). The molecule has 0 radical (unpaired) electrons. The number of hydrogen-bond donors (Lipinski definition) is 2. The molecule has 0 bridgehead atoms. The molecule has 1 aliphatic carbocycles. The van der Waals surface area contributed by atoms with Crippen molar-refractivity contribution < 1.29 is 9.53 Å². The summed E-state index contributed by atoms with van der Waals surface area (Å²) in [5.74, 6) is 0.863. The monoisotopic (exact) mass is 242 g/mol. The number of carbonyl (C=O) groups excluding carboxylic acids is 1. The van der Waals surface area contributed by atoms with Gasteiger partial charge >= 0.3 is 6.09 Å². The lowest BCUT2D eigenvalue weighted by molar-refractivity contribution is 0.0528. The third-order valence-corrected chi connectivity index (χ3v) is 2.83. The molecule has 1 atom stereocenters. The van der Waals surface area contributed by atoms with E-state index in [0.717, 1.165) is 18.9 Å². The van der Waals surface area contributed by atoms with Crippen LogP contribution in [-0.4, -0.2) is 30.8 Å². The minimum absolute atomic E-state index is 0.334. The molecule has 0 saturated heterocycles. The lowest BCUT2D eigenvalue weighted by atomic mass is 10.1. The van der Waals surface area contributed by atoms with Gasteiger partial charge in [0.1, 0.15) is 5.60 Å². The van der Waals surface area contributed by atoms with E-state index in [-0.39, 0.29) is 6.09 Å². The Labute approximate surface area is 104 Å². The van der Waals surface area contributed by atoms with Crippen LogP contribution in [0.5, 0.6) is 0 Å². The molecule has 1 fully saturated rings. The number of nitrogens with one attached hydrogen (secondary N) is 2. The van der Waals surface area contributed by atoms with E-state index in [0.29, 0.717) is 12.6 Å². The van der Waals surface area contributed by atoms with Crippen molar-refractivity contribution in [1.29, 1.82) is 0 Å². The van der Waals surface area contributed by atoms with Gasteiger partial charge in [0, 0.05) is 19.1 Å². The maximum absolute atomic E-state index is 11.4. The molecule has 0 aromatic rings. The highest BCUT2D eigenvalue weighted by Crippen LogP contribution is 2.33. The predicted octanol–water partition coefficient (Wildman–Crippen LogP) is 2.29. The van der Waals surface area contributed by atoms with Crippen LogP contribution in [-0.2, 0) is 4.74 Å². The molecule has 4 heteroatoms. The molecule has 100 valence electrons. The summed E-state index contributed by atoms with van der Waals surface area (Å²) in [6, 6.07) is 0.621. The van der Waals surface area contributed by atoms with Crippen LogP contribution < -0.4 is 10.6 Å². The Morgan fingerprint density at radius 3 is 2.47 bits per heavy atom. The Hall–Kier alpha value is -0.770. The number of rotatable bonds is 6. The summed E-state index contributed by atoms with van der Waals surface area (Å²) in [5.41, 5.74) is -0.419. The third kappa shape index (κ3) is 6.51. The average molecular weight is 242 g/mol. The van der Waals surface area contributed by atoms with Crippen LogP contribution in [0, 0.1) is 5.92 Å². The second-order valence-corrected chi connectivity index (χ2v) is 5.73. The molecule has 1 aliphatic rings. The minimum Gasteiger partial charge on any atom is -0.444 e. The zero-order chi connectivity index (χ0) is 12.9. The SMILES string of the molecule is CCC(NCCNC(=O)OC(C)(C)C)C1CC1. The highest BCUT2D eigenvalue weighted by molar-refractivity contribution is 5.67. The van der Waals surface area contributed by atoms with Gasteiger partial charge < -0.3 is 15.4 Å². The molecule has 2 N–H and O–H groups in total. The Bertz CT molecular complexity index is 244. The van der Waals surface area contributed by atoms with Crippen LogP contribution in [0.4, 0.5) is 4.79 Å². The number of hydrogen-bond acceptors (Lipinski definition) is 3. The lowest BCUT2D eigenvalue weighted by Crippen LogP contribution is -2.39. The Balaban J connectivity index is 2.05. The van der Waals surface area contributed by atoms with E-state index in [9.17, 15) is 4.79 Å². The van der Waals surface area contributed by atoms with Gasteiger partial charge in [0.15, 0.2) is 0 Å². The first-order valence-electron chi connectivity index (χ1n) is 6.62. The summed E-state index contributed by atoms with van der Waals surface area (Å²) in [5, 5.41) is 6.23. The smallest absolute Gasteiger partial charge is 0.407 e. The van der Waals surface area contributed by atoms with E-state index in [1.54, 1.807) is 0 Å². The summed E-state index contributed by atoms with van der Waals surface area (Å²) in [4.78, 5) is 11.4. The molecule has 1 saturated carbocycles.